The van der Waals surface area contributed by atoms with Crippen molar-refractivity contribution in [3.05, 3.63) is 42.1 Å². The number of rotatable bonds is 4. The first-order chi connectivity index (χ1) is 7.75. The summed E-state index contributed by atoms with van der Waals surface area (Å²) in [5.41, 5.74) is 5.34. The molecule has 0 atom stereocenters. The average Bonchev–Trinajstić information content (AvgIpc) is 2.80. The fraction of sp³-hybridized carbons (Fsp3) is 0.100. The summed E-state index contributed by atoms with van der Waals surface area (Å²) in [6.45, 7) is 0.489. The van der Waals surface area contributed by atoms with Gasteiger partial charge in [0.1, 0.15) is 5.76 Å². The van der Waals surface area contributed by atoms with E-state index in [9.17, 15) is 4.79 Å². The average molecular weight is 218 g/mol. The molecule has 0 aliphatic rings. The lowest BCUT2D eigenvalue weighted by atomic mass is 10.3. The first-order valence-electron chi connectivity index (χ1n) is 4.64. The van der Waals surface area contributed by atoms with Crippen molar-refractivity contribution in [2.45, 2.75) is 6.54 Å². The minimum Gasteiger partial charge on any atom is -0.467 e. The molecule has 0 bridgehead atoms. The fourth-order valence-electron chi connectivity index (χ4n) is 1.13. The molecule has 0 aliphatic heterocycles. The summed E-state index contributed by atoms with van der Waals surface area (Å²) in [5.74, 6) is 0.654. The van der Waals surface area contributed by atoms with Crippen LogP contribution in [0.3, 0.4) is 0 Å². The topological polar surface area (TPSA) is 94.0 Å². The Morgan fingerprint density at radius 2 is 2.19 bits per heavy atom. The van der Waals surface area contributed by atoms with Gasteiger partial charge >= 0.3 is 0 Å². The van der Waals surface area contributed by atoms with Crippen molar-refractivity contribution in [2.75, 3.05) is 5.32 Å². The van der Waals surface area contributed by atoms with Crippen molar-refractivity contribution >= 4 is 11.9 Å². The molecule has 0 fully saturated rings. The van der Waals surface area contributed by atoms with Crippen LogP contribution in [-0.4, -0.2) is 15.9 Å². The summed E-state index contributed by atoms with van der Waals surface area (Å²) in [7, 11) is 0. The maximum absolute atomic E-state index is 10.8. The second-order valence-electron chi connectivity index (χ2n) is 3.09. The highest BCUT2D eigenvalue weighted by Crippen LogP contribution is 2.04. The summed E-state index contributed by atoms with van der Waals surface area (Å²) < 4.78 is 5.13. The van der Waals surface area contributed by atoms with E-state index in [0.717, 1.165) is 5.76 Å². The lowest BCUT2D eigenvalue weighted by Crippen LogP contribution is -2.12. The van der Waals surface area contributed by atoms with E-state index < -0.39 is 5.91 Å². The van der Waals surface area contributed by atoms with E-state index in [1.54, 1.807) is 12.3 Å². The number of nitrogens with zero attached hydrogens (tertiary/aromatic N) is 2. The zero-order valence-electron chi connectivity index (χ0n) is 8.38. The van der Waals surface area contributed by atoms with Gasteiger partial charge < -0.3 is 15.5 Å². The van der Waals surface area contributed by atoms with Gasteiger partial charge in [0.25, 0.3) is 5.91 Å². The lowest BCUT2D eigenvalue weighted by molar-refractivity contribution is 0.0999. The number of hydrogen-bond acceptors (Lipinski definition) is 5. The number of carbonyl (C=O) groups is 1. The molecule has 2 rings (SSSR count). The lowest BCUT2D eigenvalue weighted by Gasteiger charge is -2.02. The van der Waals surface area contributed by atoms with E-state index in [4.69, 9.17) is 10.2 Å². The quantitative estimate of drug-likeness (QED) is 0.790. The van der Waals surface area contributed by atoms with Crippen LogP contribution < -0.4 is 11.1 Å². The number of hydrogen-bond donors (Lipinski definition) is 2. The van der Waals surface area contributed by atoms with Gasteiger partial charge in [0.05, 0.1) is 18.4 Å². The van der Waals surface area contributed by atoms with Gasteiger partial charge in [0.2, 0.25) is 5.95 Å². The molecule has 0 radical (unpaired) electrons. The molecule has 82 valence electrons. The van der Waals surface area contributed by atoms with Crippen LogP contribution >= 0.6 is 0 Å². The van der Waals surface area contributed by atoms with E-state index in [1.807, 2.05) is 6.07 Å². The molecule has 0 unspecified atom stereocenters. The highest BCUT2D eigenvalue weighted by atomic mass is 16.3. The predicted molar refractivity (Wildman–Crippen MR) is 56.6 cm³/mol. The number of anilines is 1. The van der Waals surface area contributed by atoms with Crippen molar-refractivity contribution in [3.63, 3.8) is 0 Å². The molecule has 6 nitrogen and oxygen atoms in total. The Morgan fingerprint density at radius 1 is 1.44 bits per heavy atom. The van der Waals surface area contributed by atoms with Crippen LogP contribution in [-0.2, 0) is 6.54 Å². The zero-order valence-corrected chi connectivity index (χ0v) is 8.38. The van der Waals surface area contributed by atoms with Gasteiger partial charge in [0.15, 0.2) is 0 Å². The number of aromatic nitrogens is 2. The molecule has 0 aromatic carbocycles. The maximum Gasteiger partial charge on any atom is 0.251 e. The number of primary amides is 1. The molecule has 2 aromatic rings. The van der Waals surface area contributed by atoms with Crippen LogP contribution in [0.5, 0.6) is 0 Å². The van der Waals surface area contributed by atoms with Crippen molar-refractivity contribution in [1.82, 2.24) is 9.97 Å². The molecule has 16 heavy (non-hydrogen) atoms. The highest BCUT2D eigenvalue weighted by molar-refractivity contribution is 5.92. The second-order valence-corrected chi connectivity index (χ2v) is 3.09. The van der Waals surface area contributed by atoms with E-state index in [2.05, 4.69) is 15.3 Å². The minimum atomic E-state index is -0.544. The standard InChI is InChI=1S/C10H10N4O2/c11-9(15)7-4-12-10(13-5-7)14-6-8-2-1-3-16-8/h1-5H,6H2,(H2,11,15)(H,12,13,14). The van der Waals surface area contributed by atoms with Gasteiger partial charge in [-0.15, -0.1) is 0 Å². The van der Waals surface area contributed by atoms with Crippen LogP contribution in [0.25, 0.3) is 0 Å². The molecule has 2 heterocycles. The Bertz CT molecular complexity index is 464. The highest BCUT2D eigenvalue weighted by Gasteiger charge is 2.02. The third-order valence-electron chi connectivity index (χ3n) is 1.94. The van der Waals surface area contributed by atoms with Crippen LogP contribution in [0.15, 0.2) is 35.2 Å². The summed E-state index contributed by atoms with van der Waals surface area (Å²) in [5, 5.41) is 2.95. The monoisotopic (exact) mass is 218 g/mol. The van der Waals surface area contributed by atoms with Crippen LogP contribution in [0.4, 0.5) is 5.95 Å². The maximum atomic E-state index is 10.8. The van der Waals surface area contributed by atoms with Crippen molar-refractivity contribution in [3.8, 4) is 0 Å². The summed E-state index contributed by atoms with van der Waals surface area (Å²) >= 11 is 0. The van der Waals surface area contributed by atoms with Crippen molar-refractivity contribution in [2.24, 2.45) is 5.73 Å². The number of nitrogens with one attached hydrogen (secondary N) is 1. The molecular weight excluding hydrogens is 208 g/mol. The Kier molecular flexibility index (Phi) is 2.81. The Balaban J connectivity index is 1.98. The normalized spacial score (nSPS) is 10.0. The van der Waals surface area contributed by atoms with Gasteiger partial charge in [-0.1, -0.05) is 0 Å². The molecule has 3 N–H and O–H groups in total. The van der Waals surface area contributed by atoms with Crippen LogP contribution in [0.1, 0.15) is 16.1 Å². The molecular formula is C10H10N4O2. The molecule has 0 saturated heterocycles. The van der Waals surface area contributed by atoms with Crippen LogP contribution in [0.2, 0.25) is 0 Å². The fourth-order valence-corrected chi connectivity index (χ4v) is 1.13. The van der Waals surface area contributed by atoms with Crippen LogP contribution in [0, 0.1) is 0 Å². The van der Waals surface area contributed by atoms with E-state index in [-0.39, 0.29) is 5.56 Å². The van der Waals surface area contributed by atoms with Gasteiger partial charge in [-0.05, 0) is 12.1 Å². The van der Waals surface area contributed by atoms with Gasteiger partial charge in [-0.3, -0.25) is 4.79 Å². The van der Waals surface area contributed by atoms with E-state index >= 15 is 0 Å². The summed E-state index contributed by atoms with van der Waals surface area (Å²) in [6.07, 6.45) is 4.34. The van der Waals surface area contributed by atoms with Crippen molar-refractivity contribution in [1.29, 1.82) is 0 Å². The molecule has 0 spiro atoms. The first-order valence-corrected chi connectivity index (χ1v) is 4.64. The molecule has 6 heteroatoms. The zero-order chi connectivity index (χ0) is 11.4. The summed E-state index contributed by atoms with van der Waals surface area (Å²) in [4.78, 5) is 18.6. The van der Waals surface area contributed by atoms with E-state index in [0.29, 0.717) is 12.5 Å². The smallest absolute Gasteiger partial charge is 0.251 e. The third kappa shape index (κ3) is 2.35. The minimum absolute atomic E-state index is 0.281. The predicted octanol–water partition coefficient (Wildman–Crippen LogP) is 0.781. The largest absolute Gasteiger partial charge is 0.467 e. The molecule has 2 aromatic heterocycles. The molecule has 1 amide bonds. The molecule has 0 saturated carbocycles. The van der Waals surface area contributed by atoms with E-state index in [1.165, 1.54) is 12.4 Å². The number of carbonyl (C=O) groups excluding carboxylic acids is 1. The molecule has 0 aliphatic carbocycles. The number of nitrogens with two attached hydrogens (primary N) is 1. The first kappa shape index (κ1) is 10.2. The Labute approximate surface area is 91.5 Å². The SMILES string of the molecule is NC(=O)c1cnc(NCc2ccco2)nc1. The van der Waals surface area contributed by atoms with Crippen molar-refractivity contribution < 1.29 is 9.21 Å². The second kappa shape index (κ2) is 4.43. The van der Waals surface area contributed by atoms with Gasteiger partial charge in [-0.25, -0.2) is 9.97 Å². The third-order valence-corrected chi connectivity index (χ3v) is 1.94. The number of amides is 1. The Morgan fingerprint density at radius 3 is 2.75 bits per heavy atom. The van der Waals surface area contributed by atoms with Gasteiger partial charge in [-0.2, -0.15) is 0 Å². The Hall–Kier alpha value is -2.37. The van der Waals surface area contributed by atoms with Gasteiger partial charge in [0, 0.05) is 12.4 Å². The summed E-state index contributed by atoms with van der Waals surface area (Å²) in [6, 6.07) is 3.64. The number of furan rings is 1.